The molecule has 2 atom stereocenters. The summed E-state index contributed by atoms with van der Waals surface area (Å²) in [6.07, 6.45) is 5.52. The minimum atomic E-state index is 0.0882. The molecule has 3 N–H and O–H groups in total. The molecule has 6 heteroatoms. The van der Waals surface area contributed by atoms with Crippen molar-refractivity contribution in [2.24, 2.45) is 10.9 Å². The Morgan fingerprint density at radius 1 is 1.17 bits per heavy atom. The number of nitrogens with zero attached hydrogens (tertiary/aromatic N) is 2. The molecule has 0 spiro atoms. The van der Waals surface area contributed by atoms with Crippen LogP contribution in [0.2, 0.25) is 0 Å². The van der Waals surface area contributed by atoms with Crippen LogP contribution in [-0.4, -0.2) is 55.5 Å². The van der Waals surface area contributed by atoms with E-state index < -0.39 is 0 Å². The summed E-state index contributed by atoms with van der Waals surface area (Å²) in [5.74, 6) is 1.79. The first-order valence-electron chi connectivity index (χ1n) is 11.8. The third-order valence-corrected chi connectivity index (χ3v) is 6.61. The van der Waals surface area contributed by atoms with Gasteiger partial charge >= 0.3 is 0 Å². The molecule has 1 fully saturated rings. The van der Waals surface area contributed by atoms with E-state index in [1.54, 1.807) is 0 Å². The molecule has 1 aromatic rings. The summed E-state index contributed by atoms with van der Waals surface area (Å²) in [4.78, 5) is 19.8. The predicted octanol–water partition coefficient (Wildman–Crippen LogP) is 3.57. The van der Waals surface area contributed by atoms with Crippen LogP contribution in [0.1, 0.15) is 64.4 Å². The zero-order valence-corrected chi connectivity index (χ0v) is 18.9. The Labute approximate surface area is 181 Å². The summed E-state index contributed by atoms with van der Waals surface area (Å²) in [5.41, 5.74) is 2.14. The summed E-state index contributed by atoms with van der Waals surface area (Å²) in [5, 5.41) is 9.89. The minimum Gasteiger partial charge on any atom is -0.357 e. The monoisotopic (exact) mass is 413 g/mol. The number of rotatable bonds is 9. The van der Waals surface area contributed by atoms with Gasteiger partial charge in [-0.3, -0.25) is 14.7 Å². The van der Waals surface area contributed by atoms with Gasteiger partial charge in [0.15, 0.2) is 5.96 Å². The molecule has 2 aliphatic heterocycles. The molecule has 1 saturated heterocycles. The van der Waals surface area contributed by atoms with Crippen molar-refractivity contribution in [3.05, 3.63) is 29.8 Å². The number of fused-ring (bicyclic) bond motifs is 1. The van der Waals surface area contributed by atoms with Crippen LogP contribution >= 0.6 is 0 Å². The first kappa shape index (κ1) is 22.6. The van der Waals surface area contributed by atoms with Gasteiger partial charge in [-0.05, 0) is 50.4 Å². The van der Waals surface area contributed by atoms with Crippen LogP contribution in [0.4, 0.5) is 5.69 Å². The number of nitrogens with one attached hydrogen (secondary N) is 3. The van der Waals surface area contributed by atoms with Crippen molar-refractivity contribution in [1.82, 2.24) is 15.5 Å². The Morgan fingerprint density at radius 2 is 1.90 bits per heavy atom. The van der Waals surface area contributed by atoms with Gasteiger partial charge in [0.2, 0.25) is 5.91 Å². The van der Waals surface area contributed by atoms with Crippen LogP contribution in [0.25, 0.3) is 0 Å². The number of aliphatic imine (C=N–C) groups is 1. The topological polar surface area (TPSA) is 68.8 Å². The molecule has 2 aliphatic rings. The van der Waals surface area contributed by atoms with E-state index in [2.05, 4.69) is 47.7 Å². The third-order valence-electron chi connectivity index (χ3n) is 6.61. The zero-order chi connectivity index (χ0) is 21.3. The minimum absolute atomic E-state index is 0.0882. The summed E-state index contributed by atoms with van der Waals surface area (Å²) in [6.45, 7) is 11.5. The van der Waals surface area contributed by atoms with E-state index in [0.717, 1.165) is 24.7 Å². The summed E-state index contributed by atoms with van der Waals surface area (Å²) < 4.78 is 0. The first-order chi connectivity index (χ1) is 14.7. The summed E-state index contributed by atoms with van der Waals surface area (Å²) in [6, 6.07) is 8.62. The first-order valence-corrected chi connectivity index (χ1v) is 11.8. The van der Waals surface area contributed by atoms with E-state index >= 15 is 0 Å². The van der Waals surface area contributed by atoms with Crippen molar-refractivity contribution >= 4 is 17.6 Å². The number of guanidine groups is 1. The van der Waals surface area contributed by atoms with Crippen molar-refractivity contribution in [3.63, 3.8) is 0 Å². The Hall–Kier alpha value is -2.08. The second-order valence-corrected chi connectivity index (χ2v) is 8.52. The van der Waals surface area contributed by atoms with Crippen LogP contribution in [0, 0.1) is 5.92 Å². The van der Waals surface area contributed by atoms with E-state index in [9.17, 15) is 4.79 Å². The molecular weight excluding hydrogens is 374 g/mol. The number of carbonyl (C=O) groups excluding carboxylic acids is 1. The van der Waals surface area contributed by atoms with E-state index in [1.165, 1.54) is 44.3 Å². The van der Waals surface area contributed by atoms with Gasteiger partial charge in [0.25, 0.3) is 0 Å². The molecule has 0 aromatic heterocycles. The van der Waals surface area contributed by atoms with Crippen LogP contribution in [-0.2, 0) is 4.79 Å². The van der Waals surface area contributed by atoms with Gasteiger partial charge in [-0.25, -0.2) is 0 Å². The Kier molecular flexibility index (Phi) is 8.55. The van der Waals surface area contributed by atoms with E-state index in [-0.39, 0.29) is 11.8 Å². The molecule has 1 aromatic carbocycles. The summed E-state index contributed by atoms with van der Waals surface area (Å²) >= 11 is 0. The van der Waals surface area contributed by atoms with E-state index in [4.69, 9.17) is 4.99 Å². The maximum absolute atomic E-state index is 12.1. The van der Waals surface area contributed by atoms with Gasteiger partial charge < -0.3 is 16.0 Å². The Morgan fingerprint density at radius 3 is 2.60 bits per heavy atom. The van der Waals surface area contributed by atoms with Crippen molar-refractivity contribution in [1.29, 1.82) is 0 Å². The van der Waals surface area contributed by atoms with Crippen molar-refractivity contribution in [3.8, 4) is 0 Å². The lowest BCUT2D eigenvalue weighted by atomic mass is 9.90. The van der Waals surface area contributed by atoms with Gasteiger partial charge in [0.05, 0.1) is 6.54 Å². The van der Waals surface area contributed by atoms with Crippen molar-refractivity contribution in [2.45, 2.75) is 64.8 Å². The van der Waals surface area contributed by atoms with E-state index in [0.29, 0.717) is 24.9 Å². The maximum Gasteiger partial charge on any atom is 0.225 e. The molecule has 2 unspecified atom stereocenters. The second-order valence-electron chi connectivity index (χ2n) is 8.52. The Balaban J connectivity index is 1.67. The van der Waals surface area contributed by atoms with Crippen molar-refractivity contribution in [2.75, 3.05) is 38.0 Å². The fourth-order valence-electron chi connectivity index (χ4n) is 4.90. The van der Waals surface area contributed by atoms with Gasteiger partial charge in [0.1, 0.15) is 0 Å². The number of amides is 1. The van der Waals surface area contributed by atoms with Gasteiger partial charge in [-0.1, -0.05) is 44.9 Å². The number of benzene rings is 1. The zero-order valence-electron chi connectivity index (χ0n) is 18.9. The molecule has 0 aliphatic carbocycles. The van der Waals surface area contributed by atoms with E-state index in [1.807, 2.05) is 18.2 Å². The van der Waals surface area contributed by atoms with Crippen LogP contribution in [0.5, 0.6) is 0 Å². The average molecular weight is 414 g/mol. The highest BCUT2D eigenvalue weighted by Gasteiger charge is 2.28. The molecule has 0 bridgehead atoms. The third kappa shape index (κ3) is 5.75. The molecule has 6 nitrogen and oxygen atoms in total. The molecule has 30 heavy (non-hydrogen) atoms. The molecular formula is C24H39N5O. The van der Waals surface area contributed by atoms with Crippen LogP contribution < -0.4 is 16.0 Å². The van der Waals surface area contributed by atoms with Crippen LogP contribution in [0.15, 0.2) is 29.3 Å². The number of para-hydroxylation sites is 1. The highest BCUT2D eigenvalue weighted by atomic mass is 16.1. The standard InChI is InChI=1S/C24H39N5O/c1-4-18(5-2)22(29-13-9-10-14-29)17-27-24(25-6-3)26-16-19-15-23(30)28-21-12-8-7-11-20(19)21/h7-8,11-12,18-19,22H,4-6,9-10,13-17H2,1-3H3,(H,28,30)(H2,25,26,27). The smallest absolute Gasteiger partial charge is 0.225 e. The Bertz CT molecular complexity index is 707. The SMILES string of the molecule is CCNC(=NCC(C(CC)CC)N1CCCC1)NCC1CC(=O)Nc2ccccc21. The lowest BCUT2D eigenvalue weighted by Gasteiger charge is -2.33. The average Bonchev–Trinajstić information content (AvgIpc) is 3.29. The number of carbonyl (C=O) groups is 1. The molecule has 0 radical (unpaired) electrons. The number of anilines is 1. The predicted molar refractivity (Wildman–Crippen MR) is 125 cm³/mol. The van der Waals surface area contributed by atoms with Gasteiger partial charge in [0, 0.05) is 37.2 Å². The lowest BCUT2D eigenvalue weighted by Crippen LogP contribution is -2.44. The molecule has 0 saturated carbocycles. The van der Waals surface area contributed by atoms with Gasteiger partial charge in [-0.2, -0.15) is 0 Å². The second kappa shape index (κ2) is 11.3. The molecule has 166 valence electrons. The number of hydrogen-bond donors (Lipinski definition) is 3. The number of hydrogen-bond acceptors (Lipinski definition) is 3. The van der Waals surface area contributed by atoms with Crippen molar-refractivity contribution < 1.29 is 4.79 Å². The fraction of sp³-hybridized carbons (Fsp3) is 0.667. The highest BCUT2D eigenvalue weighted by molar-refractivity contribution is 5.94. The molecule has 1 amide bonds. The highest BCUT2D eigenvalue weighted by Crippen LogP contribution is 2.31. The van der Waals surface area contributed by atoms with Crippen LogP contribution in [0.3, 0.4) is 0 Å². The molecule has 3 rings (SSSR count). The maximum atomic E-state index is 12.1. The largest absolute Gasteiger partial charge is 0.357 e. The lowest BCUT2D eigenvalue weighted by molar-refractivity contribution is -0.116. The number of likely N-dealkylation sites (tertiary alicyclic amines) is 1. The van der Waals surface area contributed by atoms with Gasteiger partial charge in [-0.15, -0.1) is 0 Å². The molecule has 2 heterocycles. The normalized spacial score (nSPS) is 20.7. The fourth-order valence-corrected chi connectivity index (χ4v) is 4.90. The summed E-state index contributed by atoms with van der Waals surface area (Å²) in [7, 11) is 0. The quantitative estimate of drug-likeness (QED) is 0.428.